The molecule has 2 rings (SSSR count). The third-order valence-corrected chi connectivity index (χ3v) is 3.12. The summed E-state index contributed by atoms with van der Waals surface area (Å²) in [5, 5.41) is 0. The van der Waals surface area contributed by atoms with Crippen molar-refractivity contribution >= 4 is 0 Å². The van der Waals surface area contributed by atoms with Gasteiger partial charge in [0, 0.05) is 18.9 Å². The monoisotopic (exact) mass is 270 g/mol. The molecule has 2 aromatic rings. The quantitative estimate of drug-likeness (QED) is 0.634. The first-order valence-electron chi connectivity index (χ1n) is 6.44. The topological polar surface area (TPSA) is 44.0 Å². The van der Waals surface area contributed by atoms with Crippen molar-refractivity contribution < 1.29 is 0 Å². The molecule has 0 aliphatic heterocycles. The van der Waals surface area contributed by atoms with Crippen LogP contribution < -0.4 is 11.1 Å². The van der Waals surface area contributed by atoms with Crippen molar-refractivity contribution in [2.45, 2.75) is 27.3 Å². The molecule has 4 heteroatoms. The summed E-state index contributed by atoms with van der Waals surface area (Å²) in [6, 6.07) is 5.82. The summed E-state index contributed by atoms with van der Waals surface area (Å²) >= 11 is 0. The number of hydrogen-bond acceptors (Lipinski definition) is 2. The van der Waals surface area contributed by atoms with Crippen LogP contribution in [0.4, 0.5) is 0 Å². The average molecular weight is 270 g/mol. The molecule has 1 aromatic heterocycles. The van der Waals surface area contributed by atoms with Gasteiger partial charge in [-0.25, -0.2) is 0 Å². The second-order valence-electron chi connectivity index (χ2n) is 5.15. The zero-order valence-electron chi connectivity index (χ0n) is 12.0. The van der Waals surface area contributed by atoms with Crippen molar-refractivity contribution in [1.82, 2.24) is 9.13 Å². The van der Waals surface area contributed by atoms with E-state index in [0.29, 0.717) is 6.54 Å². The van der Waals surface area contributed by atoms with E-state index in [9.17, 15) is 9.59 Å². The van der Waals surface area contributed by atoms with Gasteiger partial charge in [0.2, 0.25) is 0 Å². The summed E-state index contributed by atoms with van der Waals surface area (Å²) < 4.78 is 2.78. The van der Waals surface area contributed by atoms with Gasteiger partial charge in [0.05, 0.1) is 5.69 Å². The van der Waals surface area contributed by atoms with Crippen LogP contribution in [0.2, 0.25) is 0 Å². The normalized spacial score (nSPS) is 10.6. The van der Waals surface area contributed by atoms with Crippen LogP contribution in [0, 0.1) is 13.8 Å². The highest BCUT2D eigenvalue weighted by Crippen LogP contribution is 2.13. The number of benzene rings is 1. The Morgan fingerprint density at radius 1 is 1.15 bits per heavy atom. The van der Waals surface area contributed by atoms with E-state index in [-0.39, 0.29) is 0 Å². The average Bonchev–Trinajstić information content (AvgIpc) is 2.38. The van der Waals surface area contributed by atoms with Crippen molar-refractivity contribution in [2.75, 3.05) is 0 Å². The van der Waals surface area contributed by atoms with Gasteiger partial charge < -0.3 is 4.57 Å². The molecule has 1 heterocycles. The summed E-state index contributed by atoms with van der Waals surface area (Å²) in [7, 11) is 0. The molecule has 0 atom stereocenters. The predicted octanol–water partition coefficient (Wildman–Crippen LogP) is 2.19. The van der Waals surface area contributed by atoms with E-state index in [1.807, 2.05) is 39.0 Å². The van der Waals surface area contributed by atoms with E-state index in [0.717, 1.165) is 22.4 Å². The SMILES string of the molecule is C=C(C)Cn1ccn(-c2cc(C)ccc2C)c(=O)c1=O. The minimum absolute atomic E-state index is 0.363. The lowest BCUT2D eigenvalue weighted by Crippen LogP contribution is -2.40. The van der Waals surface area contributed by atoms with E-state index < -0.39 is 11.1 Å². The molecule has 0 radical (unpaired) electrons. The lowest BCUT2D eigenvalue weighted by atomic mass is 10.1. The zero-order valence-corrected chi connectivity index (χ0v) is 12.0. The molecule has 0 spiro atoms. The molecule has 0 N–H and O–H groups in total. The molecule has 0 aliphatic carbocycles. The van der Waals surface area contributed by atoms with Gasteiger partial charge >= 0.3 is 11.1 Å². The summed E-state index contributed by atoms with van der Waals surface area (Å²) in [6.07, 6.45) is 3.26. The molecule has 0 saturated carbocycles. The Balaban J connectivity index is 2.63. The molecule has 1 aromatic carbocycles. The van der Waals surface area contributed by atoms with Gasteiger partial charge in [-0.2, -0.15) is 0 Å². The highest BCUT2D eigenvalue weighted by molar-refractivity contribution is 5.42. The minimum atomic E-state index is -0.539. The summed E-state index contributed by atoms with van der Waals surface area (Å²) in [4.78, 5) is 24.3. The lowest BCUT2D eigenvalue weighted by molar-refractivity contribution is 0.709. The van der Waals surface area contributed by atoms with Crippen LogP contribution in [-0.2, 0) is 6.54 Å². The number of aryl methyl sites for hydroxylation is 2. The standard InChI is InChI=1S/C16H18N2O2/c1-11(2)10-17-7-8-18(16(20)15(17)19)14-9-12(3)5-6-13(14)4/h5-9H,1,10H2,2-4H3. The largest absolute Gasteiger partial charge is 0.320 e. The molecule has 0 amide bonds. The van der Waals surface area contributed by atoms with Gasteiger partial charge in [0.1, 0.15) is 0 Å². The van der Waals surface area contributed by atoms with Gasteiger partial charge in [-0.3, -0.25) is 14.2 Å². The second-order valence-corrected chi connectivity index (χ2v) is 5.15. The Bertz CT molecular complexity index is 782. The van der Waals surface area contributed by atoms with Gasteiger partial charge in [0.15, 0.2) is 0 Å². The second kappa shape index (κ2) is 5.33. The van der Waals surface area contributed by atoms with Crippen LogP contribution in [0.3, 0.4) is 0 Å². The number of nitrogens with zero attached hydrogens (tertiary/aromatic N) is 2. The first kappa shape index (κ1) is 14.1. The maximum atomic E-state index is 12.2. The van der Waals surface area contributed by atoms with E-state index in [4.69, 9.17) is 0 Å². The Hall–Kier alpha value is -2.36. The highest BCUT2D eigenvalue weighted by Gasteiger charge is 2.08. The van der Waals surface area contributed by atoms with Gasteiger partial charge in [-0.15, -0.1) is 0 Å². The first-order chi connectivity index (χ1) is 9.40. The molecule has 0 fully saturated rings. The smallest absolute Gasteiger partial charge is 0.305 e. The van der Waals surface area contributed by atoms with Gasteiger partial charge in [-0.05, 0) is 38.0 Å². The first-order valence-corrected chi connectivity index (χ1v) is 6.44. The van der Waals surface area contributed by atoms with E-state index in [1.165, 1.54) is 9.13 Å². The molecule has 0 bridgehead atoms. The Morgan fingerprint density at radius 2 is 1.85 bits per heavy atom. The van der Waals surface area contributed by atoms with Crippen molar-refractivity contribution in [1.29, 1.82) is 0 Å². The van der Waals surface area contributed by atoms with Crippen LogP contribution in [0.1, 0.15) is 18.1 Å². The molecule has 20 heavy (non-hydrogen) atoms. The van der Waals surface area contributed by atoms with E-state index in [1.54, 1.807) is 12.4 Å². The summed E-state index contributed by atoms with van der Waals surface area (Å²) in [6.45, 7) is 9.82. The lowest BCUT2D eigenvalue weighted by Gasteiger charge is -2.11. The predicted molar refractivity (Wildman–Crippen MR) is 80.6 cm³/mol. The number of hydrogen-bond donors (Lipinski definition) is 0. The van der Waals surface area contributed by atoms with Crippen LogP contribution in [0.25, 0.3) is 5.69 Å². The van der Waals surface area contributed by atoms with Crippen LogP contribution >= 0.6 is 0 Å². The van der Waals surface area contributed by atoms with Crippen LogP contribution in [0.15, 0.2) is 52.3 Å². The Labute approximate surface area is 117 Å². The number of allylic oxidation sites excluding steroid dienone is 1. The minimum Gasteiger partial charge on any atom is -0.305 e. The fourth-order valence-electron chi connectivity index (χ4n) is 2.09. The molecule has 0 aliphatic rings. The fraction of sp³-hybridized carbons (Fsp3) is 0.250. The maximum absolute atomic E-state index is 12.2. The van der Waals surface area contributed by atoms with Crippen molar-refractivity contribution in [2.24, 2.45) is 0 Å². The van der Waals surface area contributed by atoms with Crippen molar-refractivity contribution in [3.8, 4) is 5.69 Å². The number of rotatable bonds is 3. The van der Waals surface area contributed by atoms with Crippen LogP contribution in [0.5, 0.6) is 0 Å². The number of aromatic nitrogens is 2. The van der Waals surface area contributed by atoms with Crippen molar-refractivity contribution in [3.05, 3.63) is 74.6 Å². The fourth-order valence-corrected chi connectivity index (χ4v) is 2.09. The van der Waals surface area contributed by atoms with E-state index in [2.05, 4.69) is 6.58 Å². The molecular weight excluding hydrogens is 252 g/mol. The van der Waals surface area contributed by atoms with Gasteiger partial charge in [0.25, 0.3) is 0 Å². The third-order valence-electron chi connectivity index (χ3n) is 3.12. The highest BCUT2D eigenvalue weighted by atomic mass is 16.2. The zero-order chi connectivity index (χ0) is 14.9. The summed E-state index contributed by atoms with van der Waals surface area (Å²) in [5.41, 5.74) is 2.50. The molecular formula is C16H18N2O2. The molecule has 4 nitrogen and oxygen atoms in total. The van der Waals surface area contributed by atoms with E-state index >= 15 is 0 Å². The molecule has 0 unspecified atom stereocenters. The summed E-state index contributed by atoms with van der Waals surface area (Å²) in [5.74, 6) is 0. The molecule has 104 valence electrons. The van der Waals surface area contributed by atoms with Gasteiger partial charge in [-0.1, -0.05) is 24.3 Å². The maximum Gasteiger partial charge on any atom is 0.320 e. The van der Waals surface area contributed by atoms with Crippen molar-refractivity contribution in [3.63, 3.8) is 0 Å². The molecule has 0 saturated heterocycles. The Morgan fingerprint density at radius 3 is 2.50 bits per heavy atom. The Kier molecular flexibility index (Phi) is 3.74. The van der Waals surface area contributed by atoms with Crippen LogP contribution in [-0.4, -0.2) is 9.13 Å². The third kappa shape index (κ3) is 2.64.